The van der Waals surface area contributed by atoms with Crippen molar-refractivity contribution in [1.82, 2.24) is 9.55 Å². The Morgan fingerprint density at radius 1 is 1.29 bits per heavy atom. The number of fused-ring (bicyclic) bond motifs is 1. The standard InChI is InChI=1S/C17H22N2O2/c1-19-15-9-8-13(17(20)21)11-14(15)18-16(19)10-12-6-4-2-3-5-7-12/h8-9,11-12H,2-7,10H2,1H3,(H,20,21). The molecule has 1 saturated carbocycles. The van der Waals surface area contributed by atoms with E-state index in [1.54, 1.807) is 12.1 Å². The molecule has 2 aromatic rings. The van der Waals surface area contributed by atoms with Crippen LogP contribution in [-0.2, 0) is 13.5 Å². The van der Waals surface area contributed by atoms with Gasteiger partial charge >= 0.3 is 5.97 Å². The smallest absolute Gasteiger partial charge is 0.335 e. The predicted molar refractivity (Wildman–Crippen MR) is 82.6 cm³/mol. The van der Waals surface area contributed by atoms with Gasteiger partial charge in [-0.05, 0) is 24.1 Å². The fraction of sp³-hybridized carbons (Fsp3) is 0.529. The minimum Gasteiger partial charge on any atom is -0.478 e. The van der Waals surface area contributed by atoms with Crippen molar-refractivity contribution in [3.8, 4) is 0 Å². The van der Waals surface area contributed by atoms with E-state index in [2.05, 4.69) is 9.55 Å². The van der Waals surface area contributed by atoms with Crippen molar-refractivity contribution in [2.45, 2.75) is 44.9 Å². The Kier molecular flexibility index (Phi) is 3.95. The van der Waals surface area contributed by atoms with Gasteiger partial charge in [0, 0.05) is 13.5 Å². The first kappa shape index (κ1) is 14.1. The molecule has 4 nitrogen and oxygen atoms in total. The third-order valence-electron chi connectivity index (χ3n) is 4.67. The van der Waals surface area contributed by atoms with Crippen LogP contribution >= 0.6 is 0 Å². The Balaban J connectivity index is 1.88. The van der Waals surface area contributed by atoms with Gasteiger partial charge in [-0.25, -0.2) is 9.78 Å². The second-order valence-corrected chi connectivity index (χ2v) is 6.16. The van der Waals surface area contributed by atoms with Crippen LogP contribution in [0.5, 0.6) is 0 Å². The lowest BCUT2D eigenvalue weighted by molar-refractivity contribution is 0.0697. The third-order valence-corrected chi connectivity index (χ3v) is 4.67. The number of hydrogen-bond donors (Lipinski definition) is 1. The maximum Gasteiger partial charge on any atom is 0.335 e. The lowest BCUT2D eigenvalue weighted by atomic mass is 9.96. The third kappa shape index (κ3) is 2.94. The number of aromatic carboxylic acids is 1. The summed E-state index contributed by atoms with van der Waals surface area (Å²) >= 11 is 0. The number of aromatic nitrogens is 2. The summed E-state index contributed by atoms with van der Waals surface area (Å²) < 4.78 is 2.12. The van der Waals surface area contributed by atoms with Crippen LogP contribution in [0.4, 0.5) is 0 Å². The molecular formula is C17H22N2O2. The van der Waals surface area contributed by atoms with Crippen molar-refractivity contribution in [3.63, 3.8) is 0 Å². The van der Waals surface area contributed by atoms with Crippen molar-refractivity contribution in [1.29, 1.82) is 0 Å². The van der Waals surface area contributed by atoms with Gasteiger partial charge in [-0.3, -0.25) is 0 Å². The topological polar surface area (TPSA) is 55.1 Å². The van der Waals surface area contributed by atoms with E-state index >= 15 is 0 Å². The molecule has 0 aliphatic heterocycles. The minimum atomic E-state index is -0.895. The number of nitrogens with zero attached hydrogens (tertiary/aromatic N) is 2. The Morgan fingerprint density at radius 3 is 2.67 bits per heavy atom. The Hall–Kier alpha value is -1.84. The van der Waals surface area contributed by atoms with Gasteiger partial charge in [-0.1, -0.05) is 38.5 Å². The van der Waals surface area contributed by atoms with Crippen LogP contribution in [0.25, 0.3) is 11.0 Å². The molecule has 1 aromatic carbocycles. The van der Waals surface area contributed by atoms with E-state index in [9.17, 15) is 4.79 Å². The van der Waals surface area contributed by atoms with Gasteiger partial charge in [0.15, 0.2) is 0 Å². The monoisotopic (exact) mass is 286 g/mol. The van der Waals surface area contributed by atoms with Crippen LogP contribution in [0.2, 0.25) is 0 Å². The second-order valence-electron chi connectivity index (χ2n) is 6.16. The molecule has 4 heteroatoms. The Labute approximate surface area is 124 Å². The molecule has 1 aliphatic carbocycles. The number of benzene rings is 1. The molecule has 1 heterocycles. The fourth-order valence-electron chi connectivity index (χ4n) is 3.39. The van der Waals surface area contributed by atoms with E-state index in [4.69, 9.17) is 5.11 Å². The van der Waals surface area contributed by atoms with Crippen LogP contribution in [-0.4, -0.2) is 20.6 Å². The van der Waals surface area contributed by atoms with Crippen LogP contribution in [0.3, 0.4) is 0 Å². The van der Waals surface area contributed by atoms with Gasteiger partial charge in [0.05, 0.1) is 16.6 Å². The van der Waals surface area contributed by atoms with Crippen LogP contribution in [0.15, 0.2) is 18.2 Å². The molecule has 112 valence electrons. The normalized spacial score (nSPS) is 17.0. The number of aryl methyl sites for hydroxylation is 1. The van der Waals surface area contributed by atoms with E-state index in [0.29, 0.717) is 5.56 Å². The van der Waals surface area contributed by atoms with E-state index < -0.39 is 5.97 Å². The van der Waals surface area contributed by atoms with E-state index in [1.165, 1.54) is 38.5 Å². The SMILES string of the molecule is Cn1c(CC2CCCCCC2)nc2cc(C(=O)O)ccc21. The van der Waals surface area contributed by atoms with Crippen molar-refractivity contribution in [3.05, 3.63) is 29.6 Å². The molecule has 1 N–H and O–H groups in total. The highest BCUT2D eigenvalue weighted by atomic mass is 16.4. The lowest BCUT2D eigenvalue weighted by Crippen LogP contribution is -2.08. The Bertz CT molecular complexity index is 652. The molecule has 1 fully saturated rings. The summed E-state index contributed by atoms with van der Waals surface area (Å²) in [5, 5.41) is 9.08. The first-order valence-electron chi connectivity index (χ1n) is 7.84. The van der Waals surface area contributed by atoms with Crippen molar-refractivity contribution in [2.75, 3.05) is 0 Å². The van der Waals surface area contributed by atoms with Gasteiger partial charge in [0.2, 0.25) is 0 Å². The molecule has 21 heavy (non-hydrogen) atoms. The van der Waals surface area contributed by atoms with Gasteiger partial charge < -0.3 is 9.67 Å². The highest BCUT2D eigenvalue weighted by Gasteiger charge is 2.17. The molecule has 0 spiro atoms. The van der Waals surface area contributed by atoms with Gasteiger partial charge in [0.1, 0.15) is 5.82 Å². The van der Waals surface area contributed by atoms with E-state index in [-0.39, 0.29) is 0 Å². The average molecular weight is 286 g/mol. The molecule has 1 aliphatic rings. The van der Waals surface area contributed by atoms with E-state index in [1.807, 2.05) is 13.1 Å². The summed E-state index contributed by atoms with van der Waals surface area (Å²) in [5.41, 5.74) is 2.12. The first-order valence-corrected chi connectivity index (χ1v) is 7.84. The number of carboxylic acid groups (broad SMARTS) is 1. The molecule has 0 saturated heterocycles. The van der Waals surface area contributed by atoms with Crippen LogP contribution in [0, 0.1) is 5.92 Å². The first-order chi connectivity index (χ1) is 10.1. The molecular weight excluding hydrogens is 264 g/mol. The zero-order valence-corrected chi connectivity index (χ0v) is 12.5. The maximum atomic E-state index is 11.1. The van der Waals surface area contributed by atoms with Crippen LogP contribution in [0.1, 0.15) is 54.7 Å². The lowest BCUT2D eigenvalue weighted by Gasteiger charge is -2.13. The summed E-state index contributed by atoms with van der Waals surface area (Å²) in [5.74, 6) is 0.911. The van der Waals surface area contributed by atoms with Crippen molar-refractivity contribution >= 4 is 17.0 Å². The molecule has 3 rings (SSSR count). The van der Waals surface area contributed by atoms with Gasteiger partial charge in [-0.15, -0.1) is 0 Å². The predicted octanol–water partition coefficient (Wildman–Crippen LogP) is 3.78. The quantitative estimate of drug-likeness (QED) is 0.873. The second kappa shape index (κ2) is 5.88. The molecule has 0 amide bonds. The minimum absolute atomic E-state index is 0.307. The van der Waals surface area contributed by atoms with Gasteiger partial charge in [-0.2, -0.15) is 0 Å². The maximum absolute atomic E-state index is 11.1. The number of hydrogen-bond acceptors (Lipinski definition) is 2. The zero-order valence-electron chi connectivity index (χ0n) is 12.5. The summed E-state index contributed by atoms with van der Waals surface area (Å²) in [6.45, 7) is 0. The highest BCUT2D eigenvalue weighted by molar-refractivity contribution is 5.92. The number of carboxylic acids is 1. The summed E-state index contributed by atoms with van der Waals surface area (Å²) in [6.07, 6.45) is 8.98. The van der Waals surface area contributed by atoms with Gasteiger partial charge in [0.25, 0.3) is 0 Å². The number of carbonyl (C=O) groups is 1. The zero-order chi connectivity index (χ0) is 14.8. The van der Waals surface area contributed by atoms with Crippen LogP contribution < -0.4 is 0 Å². The van der Waals surface area contributed by atoms with E-state index in [0.717, 1.165) is 29.2 Å². The molecule has 0 unspecified atom stereocenters. The van der Waals surface area contributed by atoms with Crippen molar-refractivity contribution in [2.24, 2.45) is 13.0 Å². The molecule has 1 aromatic heterocycles. The Morgan fingerprint density at radius 2 is 2.00 bits per heavy atom. The average Bonchev–Trinajstić information content (AvgIpc) is 2.66. The molecule has 0 bridgehead atoms. The largest absolute Gasteiger partial charge is 0.478 e. The number of imidazole rings is 1. The highest BCUT2D eigenvalue weighted by Crippen LogP contribution is 2.27. The fourth-order valence-corrected chi connectivity index (χ4v) is 3.39. The van der Waals surface area contributed by atoms with Crippen molar-refractivity contribution < 1.29 is 9.90 Å². The summed E-state index contributed by atoms with van der Waals surface area (Å²) in [6, 6.07) is 5.19. The summed E-state index contributed by atoms with van der Waals surface area (Å²) in [7, 11) is 2.03. The molecule has 0 radical (unpaired) electrons. The molecule has 0 atom stereocenters. The summed E-state index contributed by atoms with van der Waals surface area (Å²) in [4.78, 5) is 15.7. The number of rotatable bonds is 3.